The SMILES string of the molecule is CC(C)N1CCOC(CN2CCN(Cc3cccc(N)c3)CC2)C1. The molecule has 2 fully saturated rings. The number of anilines is 1. The predicted octanol–water partition coefficient (Wildman–Crippen LogP) is 1.50. The fourth-order valence-corrected chi connectivity index (χ4v) is 3.69. The van der Waals surface area contributed by atoms with Gasteiger partial charge in [0.2, 0.25) is 0 Å². The topological polar surface area (TPSA) is 45.0 Å². The smallest absolute Gasteiger partial charge is 0.0829 e. The molecular weight excluding hydrogens is 300 g/mol. The Morgan fingerprint density at radius 1 is 1.12 bits per heavy atom. The van der Waals surface area contributed by atoms with E-state index >= 15 is 0 Å². The van der Waals surface area contributed by atoms with E-state index in [9.17, 15) is 0 Å². The average Bonchev–Trinajstić information content (AvgIpc) is 2.57. The molecule has 2 heterocycles. The lowest BCUT2D eigenvalue weighted by molar-refractivity contribution is -0.0565. The van der Waals surface area contributed by atoms with Crippen molar-refractivity contribution in [2.24, 2.45) is 0 Å². The van der Waals surface area contributed by atoms with Gasteiger partial charge in [-0.3, -0.25) is 14.7 Å². The van der Waals surface area contributed by atoms with Gasteiger partial charge in [0.25, 0.3) is 0 Å². The Morgan fingerprint density at radius 3 is 2.58 bits per heavy atom. The first-order valence-corrected chi connectivity index (χ1v) is 9.25. The van der Waals surface area contributed by atoms with E-state index in [1.165, 1.54) is 5.56 Å². The van der Waals surface area contributed by atoms with Crippen LogP contribution in [0.2, 0.25) is 0 Å². The molecule has 2 saturated heterocycles. The Balaban J connectivity index is 1.42. The van der Waals surface area contributed by atoms with Crippen LogP contribution in [0.25, 0.3) is 0 Å². The molecule has 0 spiro atoms. The summed E-state index contributed by atoms with van der Waals surface area (Å²) in [5, 5.41) is 0. The highest BCUT2D eigenvalue weighted by atomic mass is 16.5. The number of hydrogen-bond acceptors (Lipinski definition) is 5. The minimum atomic E-state index is 0.363. The molecule has 5 nitrogen and oxygen atoms in total. The van der Waals surface area contributed by atoms with Gasteiger partial charge < -0.3 is 10.5 Å². The highest BCUT2D eigenvalue weighted by molar-refractivity contribution is 5.40. The highest BCUT2D eigenvalue weighted by Crippen LogP contribution is 2.14. The van der Waals surface area contributed by atoms with E-state index in [1.807, 2.05) is 12.1 Å². The molecule has 0 saturated carbocycles. The number of morpholine rings is 1. The van der Waals surface area contributed by atoms with Gasteiger partial charge in [0.15, 0.2) is 0 Å². The van der Waals surface area contributed by atoms with Crippen molar-refractivity contribution >= 4 is 5.69 Å². The first-order chi connectivity index (χ1) is 11.6. The van der Waals surface area contributed by atoms with Crippen LogP contribution in [-0.2, 0) is 11.3 Å². The molecule has 2 aliphatic rings. The van der Waals surface area contributed by atoms with E-state index in [0.29, 0.717) is 12.1 Å². The minimum absolute atomic E-state index is 0.363. The summed E-state index contributed by atoms with van der Waals surface area (Å²) in [6.45, 7) is 14.1. The van der Waals surface area contributed by atoms with E-state index in [2.05, 4.69) is 40.7 Å². The maximum Gasteiger partial charge on any atom is 0.0829 e. The molecule has 0 aromatic heterocycles. The second-order valence-electron chi connectivity index (χ2n) is 7.40. The largest absolute Gasteiger partial charge is 0.399 e. The summed E-state index contributed by atoms with van der Waals surface area (Å²) in [7, 11) is 0. The van der Waals surface area contributed by atoms with Gasteiger partial charge in [-0.1, -0.05) is 12.1 Å². The average molecular weight is 332 g/mol. The summed E-state index contributed by atoms with van der Waals surface area (Å²) in [6, 6.07) is 8.86. The number of nitrogens with zero attached hydrogens (tertiary/aromatic N) is 3. The molecule has 1 unspecified atom stereocenters. The van der Waals surface area contributed by atoms with Crippen LogP contribution < -0.4 is 5.73 Å². The van der Waals surface area contributed by atoms with Crippen molar-refractivity contribution in [1.29, 1.82) is 0 Å². The monoisotopic (exact) mass is 332 g/mol. The van der Waals surface area contributed by atoms with Crippen molar-refractivity contribution in [3.05, 3.63) is 29.8 Å². The molecule has 3 rings (SSSR count). The molecule has 24 heavy (non-hydrogen) atoms. The van der Waals surface area contributed by atoms with Crippen molar-refractivity contribution in [3.63, 3.8) is 0 Å². The molecule has 2 N–H and O–H groups in total. The molecule has 134 valence electrons. The second kappa shape index (κ2) is 8.30. The lowest BCUT2D eigenvalue weighted by Gasteiger charge is -2.40. The maximum absolute atomic E-state index is 5.99. The van der Waals surface area contributed by atoms with Crippen molar-refractivity contribution in [1.82, 2.24) is 14.7 Å². The van der Waals surface area contributed by atoms with Crippen molar-refractivity contribution < 1.29 is 4.74 Å². The van der Waals surface area contributed by atoms with Crippen molar-refractivity contribution in [2.45, 2.75) is 32.5 Å². The van der Waals surface area contributed by atoms with Crippen LogP contribution in [-0.4, -0.2) is 79.3 Å². The lowest BCUT2D eigenvalue weighted by Crippen LogP contribution is -2.53. The van der Waals surface area contributed by atoms with Gasteiger partial charge in [0, 0.05) is 64.1 Å². The third kappa shape index (κ3) is 4.93. The Morgan fingerprint density at radius 2 is 1.88 bits per heavy atom. The Labute approximate surface area is 146 Å². The highest BCUT2D eigenvalue weighted by Gasteiger charge is 2.25. The van der Waals surface area contributed by atoms with Crippen LogP contribution in [0.3, 0.4) is 0 Å². The van der Waals surface area contributed by atoms with Crippen LogP contribution in [0, 0.1) is 0 Å². The molecule has 0 radical (unpaired) electrons. The van der Waals surface area contributed by atoms with E-state index in [1.54, 1.807) is 0 Å². The van der Waals surface area contributed by atoms with E-state index in [4.69, 9.17) is 10.5 Å². The third-order valence-electron chi connectivity index (χ3n) is 5.18. The standard InChI is InChI=1S/C19H32N4O/c1-16(2)23-10-11-24-19(15-23)14-22-8-6-21(7-9-22)13-17-4-3-5-18(20)12-17/h3-5,12,16,19H,6-11,13-15,20H2,1-2H3. The Bertz CT molecular complexity index is 514. The summed E-state index contributed by atoms with van der Waals surface area (Å²) < 4.78 is 5.99. The van der Waals surface area contributed by atoms with Gasteiger partial charge in [0.1, 0.15) is 0 Å². The van der Waals surface area contributed by atoms with Gasteiger partial charge in [0.05, 0.1) is 12.7 Å². The van der Waals surface area contributed by atoms with Gasteiger partial charge in [-0.05, 0) is 31.5 Å². The molecule has 0 bridgehead atoms. The number of ether oxygens (including phenoxy) is 1. The first-order valence-electron chi connectivity index (χ1n) is 9.25. The summed E-state index contributed by atoms with van der Waals surface area (Å²) >= 11 is 0. The number of benzene rings is 1. The zero-order valence-corrected chi connectivity index (χ0v) is 15.2. The molecule has 1 aromatic rings. The van der Waals surface area contributed by atoms with Crippen LogP contribution in [0.1, 0.15) is 19.4 Å². The Kier molecular flexibility index (Phi) is 6.11. The summed E-state index contributed by atoms with van der Waals surface area (Å²) in [6.07, 6.45) is 0.363. The third-order valence-corrected chi connectivity index (χ3v) is 5.18. The minimum Gasteiger partial charge on any atom is -0.399 e. The fourth-order valence-electron chi connectivity index (χ4n) is 3.69. The van der Waals surface area contributed by atoms with Crippen LogP contribution in [0.15, 0.2) is 24.3 Å². The second-order valence-corrected chi connectivity index (χ2v) is 7.40. The molecule has 2 aliphatic heterocycles. The first kappa shape index (κ1) is 17.7. The lowest BCUT2D eigenvalue weighted by atomic mass is 10.1. The quantitative estimate of drug-likeness (QED) is 0.828. The zero-order chi connectivity index (χ0) is 16.9. The van der Waals surface area contributed by atoms with Crippen LogP contribution >= 0.6 is 0 Å². The fraction of sp³-hybridized carbons (Fsp3) is 0.684. The summed E-state index contributed by atoms with van der Waals surface area (Å²) in [5.74, 6) is 0. The molecule has 1 atom stereocenters. The number of hydrogen-bond donors (Lipinski definition) is 1. The number of nitrogens with two attached hydrogens (primary N) is 1. The normalized spacial score (nSPS) is 24.5. The van der Waals surface area contributed by atoms with Gasteiger partial charge in [-0.15, -0.1) is 0 Å². The predicted molar refractivity (Wildman–Crippen MR) is 99.0 cm³/mol. The van der Waals surface area contributed by atoms with E-state index in [-0.39, 0.29) is 0 Å². The number of nitrogen functional groups attached to an aromatic ring is 1. The van der Waals surface area contributed by atoms with Crippen molar-refractivity contribution in [3.8, 4) is 0 Å². The van der Waals surface area contributed by atoms with Crippen LogP contribution in [0.5, 0.6) is 0 Å². The number of rotatable bonds is 5. The van der Waals surface area contributed by atoms with Crippen LogP contribution in [0.4, 0.5) is 5.69 Å². The van der Waals surface area contributed by atoms with E-state index in [0.717, 1.165) is 64.7 Å². The summed E-state index contributed by atoms with van der Waals surface area (Å²) in [5.41, 5.74) is 8.05. The van der Waals surface area contributed by atoms with Crippen molar-refractivity contribution in [2.75, 3.05) is 58.2 Å². The molecule has 0 aliphatic carbocycles. The molecule has 1 aromatic carbocycles. The molecule has 0 amide bonds. The van der Waals surface area contributed by atoms with Gasteiger partial charge in [-0.2, -0.15) is 0 Å². The maximum atomic E-state index is 5.99. The van der Waals surface area contributed by atoms with Gasteiger partial charge in [-0.25, -0.2) is 0 Å². The van der Waals surface area contributed by atoms with E-state index < -0.39 is 0 Å². The summed E-state index contributed by atoms with van der Waals surface area (Å²) in [4.78, 5) is 7.61. The Hall–Kier alpha value is -1.14. The zero-order valence-electron chi connectivity index (χ0n) is 15.2. The molecule has 5 heteroatoms. The molecular formula is C19H32N4O. The van der Waals surface area contributed by atoms with Gasteiger partial charge >= 0.3 is 0 Å². The number of piperazine rings is 1.